The standard InChI is InChI=1S/C23H23NO4/c1-14-12-23(2,3)24-18-10-9-17-16-8-6-5-7-15(27-13-26-4)11-19(16)28-22(25)21(17)20(14)18/h5-12,24H,13H2,1-4H3/b6-5?,7-5+,8-6-,15-7?,15-11+,16-8?,19-11?. The third kappa shape index (κ3) is 3.18. The van der Waals surface area contributed by atoms with Crippen LogP contribution in [0.1, 0.15) is 37.7 Å². The van der Waals surface area contributed by atoms with Gasteiger partial charge in [0.05, 0.1) is 10.9 Å². The number of anilines is 1. The van der Waals surface area contributed by atoms with E-state index in [1.807, 2.05) is 37.3 Å². The third-order valence-corrected chi connectivity index (χ3v) is 4.85. The van der Waals surface area contributed by atoms with Crippen molar-refractivity contribution in [2.24, 2.45) is 0 Å². The molecule has 1 aromatic carbocycles. The van der Waals surface area contributed by atoms with E-state index < -0.39 is 0 Å². The van der Waals surface area contributed by atoms with Crippen molar-refractivity contribution in [3.8, 4) is 0 Å². The molecule has 2 aliphatic rings. The van der Waals surface area contributed by atoms with Gasteiger partial charge < -0.3 is 19.2 Å². The Bertz CT molecular complexity index is 1130. The highest BCUT2D eigenvalue weighted by Gasteiger charge is 2.26. The lowest BCUT2D eigenvalue weighted by atomic mass is 9.87. The average Bonchev–Trinajstić information content (AvgIpc) is 2.61. The number of fused-ring (bicyclic) bond motifs is 5. The molecule has 2 heterocycles. The molecule has 0 atom stereocenters. The molecule has 0 spiro atoms. The molecule has 0 amide bonds. The molecular formula is C23H23NO4. The summed E-state index contributed by atoms with van der Waals surface area (Å²) < 4.78 is 16.2. The maximum Gasteiger partial charge on any atom is 0.344 e. The lowest BCUT2D eigenvalue weighted by molar-refractivity contribution is 0.0111. The molecule has 1 N–H and O–H groups in total. The number of ether oxygens (including phenoxy) is 2. The Labute approximate surface area is 163 Å². The first-order chi connectivity index (χ1) is 13.4. The molecule has 5 nitrogen and oxygen atoms in total. The van der Waals surface area contributed by atoms with Crippen molar-refractivity contribution < 1.29 is 13.9 Å². The molecule has 0 saturated carbocycles. The number of benzene rings is 1. The van der Waals surface area contributed by atoms with Crippen molar-refractivity contribution in [3.05, 3.63) is 69.5 Å². The Morgan fingerprint density at radius 3 is 2.75 bits per heavy atom. The summed E-state index contributed by atoms with van der Waals surface area (Å²) >= 11 is 0. The zero-order chi connectivity index (χ0) is 19.9. The van der Waals surface area contributed by atoms with Crippen LogP contribution in [0.4, 0.5) is 5.69 Å². The minimum absolute atomic E-state index is 0.117. The van der Waals surface area contributed by atoms with Crippen LogP contribution in [0, 0.1) is 0 Å². The first-order valence-electron chi connectivity index (χ1n) is 9.19. The van der Waals surface area contributed by atoms with E-state index in [9.17, 15) is 4.79 Å². The summed E-state index contributed by atoms with van der Waals surface area (Å²) in [6, 6.07) is 4.01. The molecule has 0 radical (unpaired) electrons. The lowest BCUT2D eigenvalue weighted by Gasteiger charge is -2.32. The van der Waals surface area contributed by atoms with Crippen LogP contribution in [-0.4, -0.2) is 19.4 Å². The Balaban J connectivity index is 1.98. The zero-order valence-electron chi connectivity index (χ0n) is 16.5. The Morgan fingerprint density at radius 1 is 1.18 bits per heavy atom. The van der Waals surface area contributed by atoms with E-state index in [0.717, 1.165) is 27.8 Å². The van der Waals surface area contributed by atoms with E-state index in [2.05, 4.69) is 25.2 Å². The van der Waals surface area contributed by atoms with Crippen LogP contribution in [0.3, 0.4) is 0 Å². The zero-order valence-corrected chi connectivity index (χ0v) is 16.5. The number of rotatable bonds is 3. The minimum atomic E-state index is -0.361. The first kappa shape index (κ1) is 18.3. The maximum absolute atomic E-state index is 13.0. The van der Waals surface area contributed by atoms with Crippen molar-refractivity contribution in [3.63, 3.8) is 0 Å². The van der Waals surface area contributed by atoms with Gasteiger partial charge >= 0.3 is 5.63 Å². The van der Waals surface area contributed by atoms with Crippen LogP contribution >= 0.6 is 0 Å². The summed E-state index contributed by atoms with van der Waals surface area (Å²) in [6.45, 7) is 6.36. The van der Waals surface area contributed by atoms with Crippen LogP contribution in [0.2, 0.25) is 0 Å². The summed E-state index contributed by atoms with van der Waals surface area (Å²) in [4.78, 5) is 13.0. The monoisotopic (exact) mass is 377 g/mol. The quantitative estimate of drug-likeness (QED) is 0.768. The molecule has 1 aliphatic carbocycles. The molecule has 0 bridgehead atoms. The highest BCUT2D eigenvalue weighted by atomic mass is 16.7. The molecular weight excluding hydrogens is 354 g/mol. The smallest absolute Gasteiger partial charge is 0.344 e. The van der Waals surface area contributed by atoms with Crippen LogP contribution in [0.25, 0.3) is 28.5 Å². The fraction of sp³-hybridized carbons (Fsp3) is 0.261. The van der Waals surface area contributed by atoms with Crippen LogP contribution in [-0.2, 0) is 9.47 Å². The van der Waals surface area contributed by atoms with Gasteiger partial charge in [0.2, 0.25) is 0 Å². The molecule has 0 unspecified atom stereocenters. The Hall–Kier alpha value is -3.05. The first-order valence-corrected chi connectivity index (χ1v) is 9.19. The molecule has 144 valence electrons. The van der Waals surface area contributed by atoms with E-state index in [1.54, 1.807) is 19.3 Å². The number of methoxy groups -OCH3 is 1. The van der Waals surface area contributed by atoms with Crippen molar-refractivity contribution in [2.75, 3.05) is 19.2 Å². The fourth-order valence-corrected chi connectivity index (χ4v) is 3.86. The van der Waals surface area contributed by atoms with E-state index >= 15 is 0 Å². The number of nitrogens with one attached hydrogen (secondary N) is 1. The van der Waals surface area contributed by atoms with Crippen molar-refractivity contribution in [2.45, 2.75) is 26.3 Å². The molecule has 0 saturated heterocycles. The van der Waals surface area contributed by atoms with Gasteiger partial charge in [-0.15, -0.1) is 0 Å². The number of allylic oxidation sites excluding steroid dienone is 4. The fourth-order valence-electron chi connectivity index (χ4n) is 3.86. The topological polar surface area (TPSA) is 60.7 Å². The lowest BCUT2D eigenvalue weighted by Crippen LogP contribution is -2.31. The van der Waals surface area contributed by atoms with E-state index in [1.165, 1.54) is 0 Å². The molecule has 5 heteroatoms. The van der Waals surface area contributed by atoms with Crippen molar-refractivity contribution in [1.29, 1.82) is 0 Å². The second kappa shape index (κ2) is 6.84. The summed E-state index contributed by atoms with van der Waals surface area (Å²) in [5.41, 5.74) is 3.22. The molecule has 1 aromatic heterocycles. The predicted octanol–water partition coefficient (Wildman–Crippen LogP) is 4.94. The van der Waals surface area contributed by atoms with Gasteiger partial charge in [-0.3, -0.25) is 0 Å². The SMILES string of the molecule is COCOC1=C\c2oc(=O)c3c4c(ccc3c2\C=C/C=C/1)NC(C)(C)C=C4C. The van der Waals surface area contributed by atoms with Gasteiger partial charge in [0.25, 0.3) is 0 Å². The summed E-state index contributed by atoms with van der Waals surface area (Å²) in [5, 5.41) is 4.93. The number of hydrogen-bond acceptors (Lipinski definition) is 5. The summed E-state index contributed by atoms with van der Waals surface area (Å²) in [7, 11) is 1.56. The molecule has 1 aliphatic heterocycles. The molecule has 0 fully saturated rings. The maximum atomic E-state index is 13.0. The van der Waals surface area contributed by atoms with Crippen molar-refractivity contribution >= 4 is 34.2 Å². The van der Waals surface area contributed by atoms with Gasteiger partial charge in [-0.25, -0.2) is 4.79 Å². The predicted molar refractivity (Wildman–Crippen MR) is 113 cm³/mol. The van der Waals surface area contributed by atoms with Crippen LogP contribution in [0.5, 0.6) is 0 Å². The minimum Gasteiger partial charge on any atom is -0.467 e. The van der Waals surface area contributed by atoms with Gasteiger partial charge in [-0.1, -0.05) is 30.4 Å². The molecule has 2 aromatic rings. The third-order valence-electron chi connectivity index (χ3n) is 4.85. The number of hydrogen-bond donors (Lipinski definition) is 1. The highest BCUT2D eigenvalue weighted by molar-refractivity contribution is 6.03. The Kier molecular flexibility index (Phi) is 4.47. The van der Waals surface area contributed by atoms with Crippen LogP contribution < -0.4 is 10.9 Å². The van der Waals surface area contributed by atoms with Crippen LogP contribution in [0.15, 0.2) is 51.4 Å². The molecule has 4 rings (SSSR count). The van der Waals surface area contributed by atoms with Crippen molar-refractivity contribution in [1.82, 2.24) is 0 Å². The normalized spacial score (nSPS) is 21.1. The highest BCUT2D eigenvalue weighted by Crippen LogP contribution is 2.39. The van der Waals surface area contributed by atoms with E-state index in [-0.39, 0.29) is 18.0 Å². The summed E-state index contributed by atoms with van der Waals surface area (Å²) in [6.07, 6.45) is 11.4. The summed E-state index contributed by atoms with van der Waals surface area (Å²) in [5.74, 6) is 1.03. The second-order valence-electron chi connectivity index (χ2n) is 7.57. The van der Waals surface area contributed by atoms with Gasteiger partial charge in [0.1, 0.15) is 11.5 Å². The van der Waals surface area contributed by atoms with Gasteiger partial charge in [0.15, 0.2) is 6.79 Å². The van der Waals surface area contributed by atoms with E-state index in [0.29, 0.717) is 16.9 Å². The Morgan fingerprint density at radius 2 is 1.96 bits per heavy atom. The van der Waals surface area contributed by atoms with Gasteiger partial charge in [-0.2, -0.15) is 0 Å². The largest absolute Gasteiger partial charge is 0.467 e. The van der Waals surface area contributed by atoms with Gasteiger partial charge in [-0.05, 0) is 38.5 Å². The van der Waals surface area contributed by atoms with Gasteiger partial charge in [0, 0.05) is 35.4 Å². The average molecular weight is 377 g/mol. The molecule has 28 heavy (non-hydrogen) atoms. The second-order valence-corrected chi connectivity index (χ2v) is 7.57. The van der Waals surface area contributed by atoms with E-state index in [4.69, 9.17) is 13.9 Å².